The SMILES string of the molecule is CCOC(=O)C(NCCN(C)C)c1cc(Br)ccc1F. The van der Waals surface area contributed by atoms with Crippen molar-refractivity contribution in [2.24, 2.45) is 0 Å². The normalized spacial score (nSPS) is 12.5. The number of benzene rings is 1. The Labute approximate surface area is 127 Å². The number of rotatable bonds is 7. The number of esters is 1. The van der Waals surface area contributed by atoms with E-state index in [0.29, 0.717) is 6.54 Å². The third kappa shape index (κ3) is 5.19. The van der Waals surface area contributed by atoms with Gasteiger partial charge in [-0.1, -0.05) is 15.9 Å². The number of carbonyl (C=O) groups excluding carboxylic acids is 1. The molecule has 0 fully saturated rings. The van der Waals surface area contributed by atoms with Crippen molar-refractivity contribution < 1.29 is 13.9 Å². The van der Waals surface area contributed by atoms with E-state index >= 15 is 0 Å². The van der Waals surface area contributed by atoms with Crippen LogP contribution in [0.15, 0.2) is 22.7 Å². The van der Waals surface area contributed by atoms with Gasteiger partial charge in [0.25, 0.3) is 0 Å². The minimum atomic E-state index is -0.799. The minimum Gasteiger partial charge on any atom is -0.465 e. The highest BCUT2D eigenvalue weighted by Crippen LogP contribution is 2.22. The predicted octanol–water partition coefficient (Wildman–Crippen LogP) is 2.34. The summed E-state index contributed by atoms with van der Waals surface area (Å²) in [6.45, 7) is 3.29. The van der Waals surface area contributed by atoms with Gasteiger partial charge in [-0.2, -0.15) is 0 Å². The van der Waals surface area contributed by atoms with Crippen LogP contribution in [0, 0.1) is 5.82 Å². The summed E-state index contributed by atoms with van der Waals surface area (Å²) in [6.07, 6.45) is 0. The number of hydrogen-bond acceptors (Lipinski definition) is 4. The van der Waals surface area contributed by atoms with Gasteiger partial charge in [0, 0.05) is 23.1 Å². The summed E-state index contributed by atoms with van der Waals surface area (Å²) in [5, 5.41) is 3.04. The molecule has 0 aliphatic carbocycles. The van der Waals surface area contributed by atoms with Gasteiger partial charge >= 0.3 is 5.97 Å². The van der Waals surface area contributed by atoms with Crippen molar-refractivity contribution in [1.82, 2.24) is 10.2 Å². The molecule has 1 atom stereocenters. The number of halogens is 2. The van der Waals surface area contributed by atoms with Crippen LogP contribution in [0.1, 0.15) is 18.5 Å². The van der Waals surface area contributed by atoms with Crippen LogP contribution in [-0.4, -0.2) is 44.7 Å². The zero-order chi connectivity index (χ0) is 15.1. The van der Waals surface area contributed by atoms with E-state index in [1.54, 1.807) is 19.1 Å². The minimum absolute atomic E-state index is 0.264. The van der Waals surface area contributed by atoms with Gasteiger partial charge < -0.3 is 9.64 Å². The lowest BCUT2D eigenvalue weighted by molar-refractivity contribution is -0.146. The highest BCUT2D eigenvalue weighted by Gasteiger charge is 2.24. The predicted molar refractivity (Wildman–Crippen MR) is 80.0 cm³/mol. The maximum atomic E-state index is 13.9. The van der Waals surface area contributed by atoms with Crippen LogP contribution in [-0.2, 0) is 9.53 Å². The summed E-state index contributed by atoms with van der Waals surface area (Å²) in [5.41, 5.74) is 0.289. The summed E-state index contributed by atoms with van der Waals surface area (Å²) >= 11 is 3.29. The molecule has 1 aromatic carbocycles. The summed E-state index contributed by atoms with van der Waals surface area (Å²) < 4.78 is 19.7. The van der Waals surface area contributed by atoms with Crippen LogP contribution in [0.4, 0.5) is 4.39 Å². The maximum Gasteiger partial charge on any atom is 0.327 e. The fourth-order valence-corrected chi connectivity index (χ4v) is 2.09. The maximum absolute atomic E-state index is 13.9. The number of likely N-dealkylation sites (N-methyl/N-ethyl adjacent to an activating group) is 1. The second kappa shape index (κ2) is 8.34. The molecule has 0 amide bonds. The topological polar surface area (TPSA) is 41.6 Å². The van der Waals surface area contributed by atoms with E-state index < -0.39 is 17.8 Å². The van der Waals surface area contributed by atoms with Gasteiger partial charge in [0.1, 0.15) is 11.9 Å². The third-order valence-electron chi connectivity index (χ3n) is 2.70. The Kier molecular flexibility index (Phi) is 7.12. The van der Waals surface area contributed by atoms with Crippen molar-refractivity contribution in [2.75, 3.05) is 33.8 Å². The molecule has 6 heteroatoms. The largest absolute Gasteiger partial charge is 0.465 e. The first-order valence-electron chi connectivity index (χ1n) is 6.45. The van der Waals surface area contributed by atoms with Crippen LogP contribution in [0.5, 0.6) is 0 Å². The number of nitrogens with zero attached hydrogens (tertiary/aromatic N) is 1. The van der Waals surface area contributed by atoms with Gasteiger partial charge in [-0.25, -0.2) is 9.18 Å². The quantitative estimate of drug-likeness (QED) is 0.769. The third-order valence-corrected chi connectivity index (χ3v) is 3.19. The van der Waals surface area contributed by atoms with Crippen molar-refractivity contribution in [3.05, 3.63) is 34.1 Å². The molecule has 1 N–H and O–H groups in total. The Balaban J connectivity index is 2.91. The smallest absolute Gasteiger partial charge is 0.327 e. The Morgan fingerprint density at radius 2 is 2.20 bits per heavy atom. The first kappa shape index (κ1) is 17.1. The second-order valence-electron chi connectivity index (χ2n) is 4.61. The van der Waals surface area contributed by atoms with Crippen molar-refractivity contribution >= 4 is 21.9 Å². The number of ether oxygens (including phenoxy) is 1. The molecule has 0 aromatic heterocycles. The summed E-state index contributed by atoms with van der Waals surface area (Å²) in [7, 11) is 3.86. The van der Waals surface area contributed by atoms with Gasteiger partial charge in [0.05, 0.1) is 6.61 Å². The molecule has 112 valence electrons. The summed E-state index contributed by atoms with van der Waals surface area (Å²) in [5.74, 6) is -0.896. The van der Waals surface area contributed by atoms with Gasteiger partial charge in [0.15, 0.2) is 0 Å². The molecular weight excluding hydrogens is 327 g/mol. The number of carbonyl (C=O) groups is 1. The van der Waals surface area contributed by atoms with E-state index in [0.717, 1.165) is 11.0 Å². The summed E-state index contributed by atoms with van der Waals surface area (Å²) in [4.78, 5) is 14.0. The van der Waals surface area contributed by atoms with Crippen molar-refractivity contribution in [1.29, 1.82) is 0 Å². The molecule has 0 saturated carbocycles. The zero-order valence-electron chi connectivity index (χ0n) is 12.0. The molecule has 1 unspecified atom stereocenters. The van der Waals surface area contributed by atoms with Crippen molar-refractivity contribution in [3.63, 3.8) is 0 Å². The lowest BCUT2D eigenvalue weighted by Gasteiger charge is -2.19. The highest BCUT2D eigenvalue weighted by molar-refractivity contribution is 9.10. The van der Waals surface area contributed by atoms with Crippen LogP contribution in [0.3, 0.4) is 0 Å². The number of nitrogens with one attached hydrogen (secondary N) is 1. The lowest BCUT2D eigenvalue weighted by atomic mass is 10.1. The molecule has 0 aliphatic rings. The van der Waals surface area contributed by atoms with E-state index in [-0.39, 0.29) is 12.2 Å². The van der Waals surface area contributed by atoms with Gasteiger partial charge in [-0.3, -0.25) is 5.32 Å². The molecule has 20 heavy (non-hydrogen) atoms. The average molecular weight is 347 g/mol. The second-order valence-corrected chi connectivity index (χ2v) is 5.52. The van der Waals surface area contributed by atoms with Gasteiger partial charge in [0.2, 0.25) is 0 Å². The fraction of sp³-hybridized carbons (Fsp3) is 0.500. The first-order valence-corrected chi connectivity index (χ1v) is 7.24. The van der Waals surface area contributed by atoms with E-state index in [2.05, 4.69) is 21.2 Å². The Hall–Kier alpha value is -0.980. The molecular formula is C14H20BrFN2O2. The molecule has 1 aromatic rings. The molecule has 0 aliphatic heterocycles. The van der Waals surface area contributed by atoms with E-state index in [9.17, 15) is 9.18 Å². The summed E-state index contributed by atoms with van der Waals surface area (Å²) in [6, 6.07) is 3.73. The van der Waals surface area contributed by atoms with Gasteiger partial charge in [-0.15, -0.1) is 0 Å². The average Bonchev–Trinajstić information content (AvgIpc) is 2.38. The highest BCUT2D eigenvalue weighted by atomic mass is 79.9. The number of hydrogen-bond donors (Lipinski definition) is 1. The van der Waals surface area contributed by atoms with E-state index in [1.165, 1.54) is 6.07 Å². The van der Waals surface area contributed by atoms with E-state index in [1.807, 2.05) is 19.0 Å². The fourth-order valence-electron chi connectivity index (χ4n) is 1.71. The van der Waals surface area contributed by atoms with E-state index in [4.69, 9.17) is 4.74 Å². The van der Waals surface area contributed by atoms with Crippen LogP contribution < -0.4 is 5.32 Å². The lowest BCUT2D eigenvalue weighted by Crippen LogP contribution is -2.35. The van der Waals surface area contributed by atoms with Crippen molar-refractivity contribution in [2.45, 2.75) is 13.0 Å². The molecule has 0 spiro atoms. The van der Waals surface area contributed by atoms with Crippen LogP contribution >= 0.6 is 15.9 Å². The Morgan fingerprint density at radius 1 is 1.50 bits per heavy atom. The molecule has 0 heterocycles. The standard InChI is InChI=1S/C14H20BrFN2O2/c1-4-20-14(19)13(17-7-8-18(2)3)11-9-10(15)5-6-12(11)16/h5-6,9,13,17H,4,7-8H2,1-3H3. The monoisotopic (exact) mass is 346 g/mol. The first-order chi connectivity index (χ1) is 9.45. The van der Waals surface area contributed by atoms with Crippen molar-refractivity contribution in [3.8, 4) is 0 Å². The molecule has 0 radical (unpaired) electrons. The molecule has 4 nitrogen and oxygen atoms in total. The van der Waals surface area contributed by atoms with Crippen LogP contribution in [0.2, 0.25) is 0 Å². The molecule has 1 rings (SSSR count). The Bertz CT molecular complexity index is 455. The zero-order valence-corrected chi connectivity index (χ0v) is 13.5. The Morgan fingerprint density at radius 3 is 2.80 bits per heavy atom. The van der Waals surface area contributed by atoms with Crippen LogP contribution in [0.25, 0.3) is 0 Å². The molecule has 0 saturated heterocycles. The van der Waals surface area contributed by atoms with Gasteiger partial charge in [-0.05, 0) is 39.2 Å². The molecule has 0 bridgehead atoms.